The summed E-state index contributed by atoms with van der Waals surface area (Å²) in [7, 11) is 0. The van der Waals surface area contributed by atoms with Gasteiger partial charge in [-0.2, -0.15) is 0 Å². The molecule has 4 rings (SSSR count). The molecule has 0 saturated carbocycles. The van der Waals surface area contributed by atoms with Crippen molar-refractivity contribution in [1.29, 1.82) is 0 Å². The largest absolute Gasteiger partial charge is 0.0683 e. The van der Waals surface area contributed by atoms with Gasteiger partial charge in [-0.05, 0) is 47.9 Å². The van der Waals surface area contributed by atoms with Crippen LogP contribution in [0.5, 0.6) is 0 Å². The van der Waals surface area contributed by atoms with Gasteiger partial charge in [0.05, 0.1) is 0 Å². The van der Waals surface area contributed by atoms with Gasteiger partial charge in [-0.15, -0.1) is 0 Å². The lowest BCUT2D eigenvalue weighted by Crippen LogP contribution is -2.28. The first kappa shape index (κ1) is 19.4. The minimum atomic E-state index is -0.0680. The molecule has 0 nitrogen and oxygen atoms in total. The van der Waals surface area contributed by atoms with Gasteiger partial charge in [0.15, 0.2) is 0 Å². The van der Waals surface area contributed by atoms with Crippen molar-refractivity contribution in [2.45, 2.75) is 58.8 Å². The maximum Gasteiger partial charge on any atom is 0.0462 e. The van der Waals surface area contributed by atoms with Gasteiger partial charge < -0.3 is 0 Å². The SMILES string of the molecule is CC.Cc1ccc(C2(c3ccc(C)cc3)CC(C)(C)c3ccccc32)cc1. The van der Waals surface area contributed by atoms with E-state index in [2.05, 4.69) is 100 Å². The molecule has 0 N–H and O–H groups in total. The Balaban J connectivity index is 0.00000102. The summed E-state index contributed by atoms with van der Waals surface area (Å²) in [5.41, 5.74) is 8.47. The fraction of sp³-hybridized carbons (Fsp3) is 0.333. The molecule has 0 bridgehead atoms. The average Bonchev–Trinajstić information content (AvgIpc) is 2.93. The monoisotopic (exact) mass is 356 g/mol. The summed E-state index contributed by atoms with van der Waals surface area (Å²) in [4.78, 5) is 0. The molecule has 0 aliphatic heterocycles. The number of hydrogen-bond acceptors (Lipinski definition) is 0. The van der Waals surface area contributed by atoms with Crippen molar-refractivity contribution in [3.8, 4) is 0 Å². The number of fused-ring (bicyclic) bond motifs is 1. The van der Waals surface area contributed by atoms with Crippen molar-refractivity contribution in [2.75, 3.05) is 0 Å². The lowest BCUT2D eigenvalue weighted by atomic mass is 9.68. The van der Waals surface area contributed by atoms with E-state index in [9.17, 15) is 0 Å². The molecule has 27 heavy (non-hydrogen) atoms. The molecule has 0 amide bonds. The molecule has 0 heteroatoms. The Hall–Kier alpha value is -2.34. The molecule has 0 heterocycles. The molecule has 0 saturated heterocycles. The van der Waals surface area contributed by atoms with Crippen LogP contribution in [0.2, 0.25) is 0 Å². The fourth-order valence-corrected chi connectivity index (χ4v) is 4.66. The van der Waals surface area contributed by atoms with E-state index in [-0.39, 0.29) is 10.8 Å². The van der Waals surface area contributed by atoms with Crippen LogP contribution in [-0.4, -0.2) is 0 Å². The first-order valence-electron chi connectivity index (χ1n) is 10.2. The van der Waals surface area contributed by atoms with Crippen LogP contribution in [0.4, 0.5) is 0 Å². The summed E-state index contributed by atoms with van der Waals surface area (Å²) in [6.45, 7) is 13.1. The number of rotatable bonds is 2. The lowest BCUT2D eigenvalue weighted by Gasteiger charge is -2.34. The minimum absolute atomic E-state index is 0.0680. The summed E-state index contributed by atoms with van der Waals surface area (Å²) in [6, 6.07) is 27.3. The normalized spacial score (nSPS) is 16.2. The molecule has 140 valence electrons. The van der Waals surface area contributed by atoms with Crippen molar-refractivity contribution in [3.05, 3.63) is 106 Å². The predicted molar refractivity (Wildman–Crippen MR) is 118 cm³/mol. The third kappa shape index (κ3) is 3.23. The number of benzene rings is 3. The Bertz CT molecular complexity index is 850. The van der Waals surface area contributed by atoms with Crippen LogP contribution in [-0.2, 0) is 10.8 Å². The van der Waals surface area contributed by atoms with Crippen LogP contribution >= 0.6 is 0 Å². The predicted octanol–water partition coefficient (Wildman–Crippen LogP) is 7.35. The van der Waals surface area contributed by atoms with E-state index in [4.69, 9.17) is 0 Å². The molecular weight excluding hydrogens is 324 g/mol. The van der Waals surface area contributed by atoms with Gasteiger partial charge in [-0.1, -0.05) is 112 Å². The summed E-state index contributed by atoms with van der Waals surface area (Å²) in [5.74, 6) is 0. The molecular formula is C27H32. The average molecular weight is 357 g/mol. The second-order valence-electron chi connectivity index (χ2n) is 8.24. The Morgan fingerprint density at radius 1 is 0.593 bits per heavy atom. The van der Waals surface area contributed by atoms with E-state index in [1.807, 2.05) is 13.8 Å². The van der Waals surface area contributed by atoms with Crippen molar-refractivity contribution in [3.63, 3.8) is 0 Å². The fourth-order valence-electron chi connectivity index (χ4n) is 4.66. The molecule has 3 aromatic carbocycles. The van der Waals surface area contributed by atoms with Gasteiger partial charge in [0, 0.05) is 5.41 Å². The van der Waals surface area contributed by atoms with Gasteiger partial charge in [0.2, 0.25) is 0 Å². The topological polar surface area (TPSA) is 0 Å². The van der Waals surface area contributed by atoms with E-state index in [1.54, 1.807) is 0 Å². The van der Waals surface area contributed by atoms with Gasteiger partial charge in [-0.25, -0.2) is 0 Å². The van der Waals surface area contributed by atoms with Gasteiger partial charge in [0.1, 0.15) is 0 Å². The molecule has 3 aromatic rings. The molecule has 0 radical (unpaired) electrons. The van der Waals surface area contributed by atoms with Gasteiger partial charge in [-0.3, -0.25) is 0 Å². The highest BCUT2D eigenvalue weighted by Gasteiger charge is 2.49. The molecule has 1 aliphatic carbocycles. The Morgan fingerprint density at radius 2 is 1.00 bits per heavy atom. The van der Waals surface area contributed by atoms with Crippen LogP contribution in [0.3, 0.4) is 0 Å². The van der Waals surface area contributed by atoms with Crippen LogP contribution in [0.25, 0.3) is 0 Å². The molecule has 0 fully saturated rings. The van der Waals surface area contributed by atoms with Crippen molar-refractivity contribution in [2.24, 2.45) is 0 Å². The Labute approximate surface area is 165 Å². The summed E-state index contributed by atoms with van der Waals surface area (Å²) in [5, 5.41) is 0. The molecule has 0 atom stereocenters. The summed E-state index contributed by atoms with van der Waals surface area (Å²) in [6.07, 6.45) is 1.10. The molecule has 0 aromatic heterocycles. The third-order valence-electron chi connectivity index (χ3n) is 5.91. The van der Waals surface area contributed by atoms with Crippen molar-refractivity contribution in [1.82, 2.24) is 0 Å². The number of aryl methyl sites for hydroxylation is 2. The maximum absolute atomic E-state index is 2.38. The first-order valence-corrected chi connectivity index (χ1v) is 10.2. The minimum Gasteiger partial charge on any atom is -0.0683 e. The zero-order valence-corrected chi connectivity index (χ0v) is 17.6. The van der Waals surface area contributed by atoms with Crippen LogP contribution in [0, 0.1) is 13.8 Å². The van der Waals surface area contributed by atoms with Crippen LogP contribution in [0.15, 0.2) is 72.8 Å². The van der Waals surface area contributed by atoms with Crippen molar-refractivity contribution < 1.29 is 0 Å². The summed E-state index contributed by atoms with van der Waals surface area (Å²) < 4.78 is 0. The summed E-state index contributed by atoms with van der Waals surface area (Å²) >= 11 is 0. The highest BCUT2D eigenvalue weighted by atomic mass is 14.5. The van der Waals surface area contributed by atoms with E-state index >= 15 is 0 Å². The van der Waals surface area contributed by atoms with E-state index in [1.165, 1.54) is 33.4 Å². The van der Waals surface area contributed by atoms with Crippen LogP contribution < -0.4 is 0 Å². The lowest BCUT2D eigenvalue weighted by molar-refractivity contribution is 0.444. The zero-order valence-electron chi connectivity index (χ0n) is 17.6. The highest BCUT2D eigenvalue weighted by molar-refractivity contribution is 5.59. The van der Waals surface area contributed by atoms with Crippen molar-refractivity contribution >= 4 is 0 Å². The van der Waals surface area contributed by atoms with E-state index < -0.39 is 0 Å². The first-order chi connectivity index (χ1) is 12.9. The zero-order chi connectivity index (χ0) is 19.7. The van der Waals surface area contributed by atoms with Gasteiger partial charge >= 0.3 is 0 Å². The smallest absolute Gasteiger partial charge is 0.0462 e. The van der Waals surface area contributed by atoms with Gasteiger partial charge in [0.25, 0.3) is 0 Å². The highest BCUT2D eigenvalue weighted by Crippen LogP contribution is 2.56. The second kappa shape index (κ2) is 7.35. The quantitative estimate of drug-likeness (QED) is 0.450. The molecule has 0 unspecified atom stereocenters. The third-order valence-corrected chi connectivity index (χ3v) is 5.91. The molecule has 0 spiro atoms. The Morgan fingerprint density at radius 3 is 1.44 bits per heavy atom. The molecule has 1 aliphatic rings. The van der Waals surface area contributed by atoms with E-state index in [0.29, 0.717) is 0 Å². The maximum atomic E-state index is 2.38. The van der Waals surface area contributed by atoms with E-state index in [0.717, 1.165) is 6.42 Å². The van der Waals surface area contributed by atoms with Crippen LogP contribution in [0.1, 0.15) is 67.5 Å². The standard InChI is InChI=1S/C25H26.C2H6/c1-18-9-13-20(14-10-18)25(21-15-11-19(2)12-16-21)17-24(3,4)22-7-5-6-8-23(22)25;1-2/h5-16H,17H2,1-4H3;1-2H3. The Kier molecular flexibility index (Phi) is 5.29. The second-order valence-corrected chi connectivity index (χ2v) is 8.24. The number of hydrogen-bond donors (Lipinski definition) is 0.